The fourth-order valence-electron chi connectivity index (χ4n) is 1.93. The minimum Gasteiger partial charge on any atom is -0.465 e. The van der Waals surface area contributed by atoms with Gasteiger partial charge in [-0.15, -0.1) is 0 Å². The maximum atomic E-state index is 12.0. The van der Waals surface area contributed by atoms with Crippen molar-refractivity contribution in [3.05, 3.63) is 70.8 Å². The van der Waals surface area contributed by atoms with Gasteiger partial charge in [0.15, 0.2) is 0 Å². The average Bonchev–Trinajstić information content (AvgIpc) is 2.52. The van der Waals surface area contributed by atoms with E-state index in [1.165, 1.54) is 7.11 Å². The highest BCUT2D eigenvalue weighted by atomic mass is 16.5. The molecule has 0 aliphatic heterocycles. The van der Waals surface area contributed by atoms with Gasteiger partial charge in [0.1, 0.15) is 6.61 Å². The minimum absolute atomic E-state index is 0.109. The zero-order chi connectivity index (χ0) is 15.2. The third-order valence-electron chi connectivity index (χ3n) is 3.08. The molecule has 0 radical (unpaired) electrons. The molecule has 2 rings (SSSR count). The van der Waals surface area contributed by atoms with Crippen LogP contribution in [0.25, 0.3) is 0 Å². The van der Waals surface area contributed by atoms with E-state index in [2.05, 4.69) is 4.74 Å². The highest BCUT2D eigenvalue weighted by molar-refractivity contribution is 5.91. The summed E-state index contributed by atoms with van der Waals surface area (Å²) >= 11 is 0. The van der Waals surface area contributed by atoms with Crippen molar-refractivity contribution >= 4 is 11.9 Å². The molecule has 0 unspecified atom stereocenters. The molecule has 4 nitrogen and oxygen atoms in total. The molecule has 21 heavy (non-hydrogen) atoms. The summed E-state index contributed by atoms with van der Waals surface area (Å²) in [4.78, 5) is 23.4. The topological polar surface area (TPSA) is 52.6 Å². The monoisotopic (exact) mass is 284 g/mol. The Hall–Kier alpha value is -2.62. The smallest absolute Gasteiger partial charge is 0.338 e. The first-order chi connectivity index (χ1) is 10.1. The molecule has 2 aromatic carbocycles. The summed E-state index contributed by atoms with van der Waals surface area (Å²) in [6.07, 6.45) is 0. The summed E-state index contributed by atoms with van der Waals surface area (Å²) < 4.78 is 9.93. The van der Waals surface area contributed by atoms with Gasteiger partial charge in [0.2, 0.25) is 0 Å². The molecule has 0 spiro atoms. The Bertz CT molecular complexity index is 661. The number of carbonyl (C=O) groups is 2. The highest BCUT2D eigenvalue weighted by Crippen LogP contribution is 2.12. The Labute approximate surface area is 123 Å². The average molecular weight is 284 g/mol. The summed E-state index contributed by atoms with van der Waals surface area (Å²) in [6.45, 7) is 1.96. The van der Waals surface area contributed by atoms with Gasteiger partial charge in [0.25, 0.3) is 0 Å². The van der Waals surface area contributed by atoms with Crippen LogP contribution >= 0.6 is 0 Å². The molecule has 0 bridgehead atoms. The third-order valence-corrected chi connectivity index (χ3v) is 3.08. The summed E-state index contributed by atoms with van der Waals surface area (Å²) in [5.41, 5.74) is 2.58. The predicted octanol–water partition coefficient (Wildman–Crippen LogP) is 3.14. The lowest BCUT2D eigenvalue weighted by atomic mass is 10.1. The molecular formula is C17H16O4. The van der Waals surface area contributed by atoms with Gasteiger partial charge in [-0.3, -0.25) is 0 Å². The van der Waals surface area contributed by atoms with Crippen molar-refractivity contribution < 1.29 is 19.1 Å². The maximum absolute atomic E-state index is 12.0. The van der Waals surface area contributed by atoms with Crippen LogP contribution in [0.5, 0.6) is 0 Å². The van der Waals surface area contributed by atoms with Crippen molar-refractivity contribution in [3.63, 3.8) is 0 Å². The van der Waals surface area contributed by atoms with E-state index in [1.807, 2.05) is 19.1 Å². The Morgan fingerprint density at radius 3 is 2.48 bits per heavy atom. The lowest BCUT2D eigenvalue weighted by Crippen LogP contribution is -2.08. The Morgan fingerprint density at radius 2 is 1.76 bits per heavy atom. The second kappa shape index (κ2) is 6.70. The summed E-state index contributed by atoms with van der Waals surface area (Å²) in [7, 11) is 1.33. The number of ether oxygens (including phenoxy) is 2. The van der Waals surface area contributed by atoms with Gasteiger partial charge < -0.3 is 9.47 Å². The SMILES string of the molecule is COC(=O)c1cccc(COC(=O)c2ccccc2C)c1. The van der Waals surface area contributed by atoms with Gasteiger partial charge in [-0.2, -0.15) is 0 Å². The molecular weight excluding hydrogens is 268 g/mol. The number of benzene rings is 2. The van der Waals surface area contributed by atoms with Gasteiger partial charge in [0.05, 0.1) is 18.2 Å². The number of carbonyl (C=O) groups excluding carboxylic acids is 2. The molecule has 4 heteroatoms. The predicted molar refractivity (Wildman–Crippen MR) is 78.1 cm³/mol. The fourth-order valence-corrected chi connectivity index (χ4v) is 1.93. The maximum Gasteiger partial charge on any atom is 0.338 e. The molecule has 0 aromatic heterocycles. The van der Waals surface area contributed by atoms with Crippen LogP contribution in [-0.2, 0) is 16.1 Å². The van der Waals surface area contributed by atoms with Gasteiger partial charge in [-0.05, 0) is 36.2 Å². The molecule has 0 saturated heterocycles. The zero-order valence-corrected chi connectivity index (χ0v) is 12.0. The van der Waals surface area contributed by atoms with Crippen LogP contribution in [0.1, 0.15) is 31.8 Å². The zero-order valence-electron chi connectivity index (χ0n) is 12.0. The standard InChI is InChI=1S/C17H16O4/c1-12-6-3-4-9-15(12)17(19)21-11-13-7-5-8-14(10-13)16(18)20-2/h3-10H,11H2,1-2H3. The molecule has 0 aliphatic rings. The summed E-state index contributed by atoms with van der Waals surface area (Å²) in [5.74, 6) is -0.793. The van der Waals surface area contributed by atoms with E-state index in [4.69, 9.17) is 4.74 Å². The van der Waals surface area contributed by atoms with E-state index in [1.54, 1.807) is 36.4 Å². The number of rotatable bonds is 4. The number of hydrogen-bond acceptors (Lipinski definition) is 4. The number of hydrogen-bond donors (Lipinski definition) is 0. The molecule has 0 N–H and O–H groups in total. The molecule has 0 heterocycles. The van der Waals surface area contributed by atoms with Crippen molar-refractivity contribution in [2.24, 2.45) is 0 Å². The van der Waals surface area contributed by atoms with Gasteiger partial charge >= 0.3 is 11.9 Å². The van der Waals surface area contributed by atoms with Crippen molar-refractivity contribution in [2.75, 3.05) is 7.11 Å². The Morgan fingerprint density at radius 1 is 1.00 bits per heavy atom. The van der Waals surface area contributed by atoms with E-state index in [0.29, 0.717) is 11.1 Å². The second-order valence-electron chi connectivity index (χ2n) is 4.58. The first-order valence-electron chi connectivity index (χ1n) is 6.52. The van der Waals surface area contributed by atoms with Crippen molar-refractivity contribution in [1.82, 2.24) is 0 Å². The third kappa shape index (κ3) is 3.69. The molecule has 2 aromatic rings. The summed E-state index contributed by atoms with van der Waals surface area (Å²) in [5, 5.41) is 0. The first-order valence-corrected chi connectivity index (χ1v) is 6.52. The number of aryl methyl sites for hydroxylation is 1. The lowest BCUT2D eigenvalue weighted by Gasteiger charge is -2.08. The fraction of sp³-hybridized carbons (Fsp3) is 0.176. The Kier molecular flexibility index (Phi) is 4.72. The number of esters is 2. The lowest BCUT2D eigenvalue weighted by molar-refractivity contribution is 0.0472. The minimum atomic E-state index is -0.415. The molecule has 0 atom stereocenters. The molecule has 0 fully saturated rings. The van der Waals surface area contributed by atoms with E-state index in [-0.39, 0.29) is 12.6 Å². The van der Waals surface area contributed by atoms with Crippen LogP contribution in [0.15, 0.2) is 48.5 Å². The van der Waals surface area contributed by atoms with E-state index in [9.17, 15) is 9.59 Å². The van der Waals surface area contributed by atoms with Gasteiger partial charge in [-0.25, -0.2) is 9.59 Å². The summed E-state index contributed by atoms with van der Waals surface area (Å²) in [6, 6.07) is 14.1. The normalized spacial score (nSPS) is 10.0. The van der Waals surface area contributed by atoms with Crippen LogP contribution in [0.2, 0.25) is 0 Å². The van der Waals surface area contributed by atoms with E-state index < -0.39 is 5.97 Å². The quantitative estimate of drug-likeness (QED) is 0.809. The van der Waals surface area contributed by atoms with E-state index >= 15 is 0 Å². The largest absolute Gasteiger partial charge is 0.465 e. The number of methoxy groups -OCH3 is 1. The van der Waals surface area contributed by atoms with Crippen LogP contribution in [0, 0.1) is 6.92 Å². The van der Waals surface area contributed by atoms with Crippen molar-refractivity contribution in [3.8, 4) is 0 Å². The van der Waals surface area contributed by atoms with Gasteiger partial charge in [-0.1, -0.05) is 30.3 Å². The van der Waals surface area contributed by atoms with Gasteiger partial charge in [0, 0.05) is 0 Å². The molecule has 0 aliphatic carbocycles. The van der Waals surface area contributed by atoms with Crippen LogP contribution < -0.4 is 0 Å². The van der Waals surface area contributed by atoms with Crippen LogP contribution in [0.3, 0.4) is 0 Å². The molecule has 108 valence electrons. The van der Waals surface area contributed by atoms with Crippen molar-refractivity contribution in [1.29, 1.82) is 0 Å². The van der Waals surface area contributed by atoms with Crippen LogP contribution in [-0.4, -0.2) is 19.0 Å². The second-order valence-corrected chi connectivity index (χ2v) is 4.58. The van der Waals surface area contributed by atoms with Crippen LogP contribution in [0.4, 0.5) is 0 Å². The molecule has 0 saturated carbocycles. The molecule has 0 amide bonds. The first kappa shape index (κ1) is 14.8. The van der Waals surface area contributed by atoms with E-state index in [0.717, 1.165) is 11.1 Å². The Balaban J connectivity index is 2.05. The van der Waals surface area contributed by atoms with Crippen molar-refractivity contribution in [2.45, 2.75) is 13.5 Å². The highest BCUT2D eigenvalue weighted by Gasteiger charge is 2.11.